The van der Waals surface area contributed by atoms with Crippen molar-refractivity contribution in [2.45, 2.75) is 38.1 Å². The summed E-state index contributed by atoms with van der Waals surface area (Å²) < 4.78 is 25.5. The Hall–Kier alpha value is -1.60. The molecule has 6 nitrogen and oxygen atoms in total. The van der Waals surface area contributed by atoms with Crippen LogP contribution in [0, 0.1) is 11.8 Å². The Labute approximate surface area is 158 Å². The van der Waals surface area contributed by atoms with Crippen LogP contribution in [0.15, 0.2) is 34.2 Å². The molecular formula is C19H32N4O2S. The van der Waals surface area contributed by atoms with Gasteiger partial charge in [0, 0.05) is 40.8 Å². The molecule has 1 saturated heterocycles. The zero-order valence-corrected chi connectivity index (χ0v) is 17.4. The van der Waals surface area contributed by atoms with Gasteiger partial charge in [0.05, 0.1) is 4.90 Å². The number of likely N-dealkylation sites (tertiary alicyclic amines) is 1. The maximum Gasteiger partial charge on any atom is 0.242 e. The largest absolute Gasteiger partial charge is 0.352 e. The van der Waals surface area contributed by atoms with Crippen LogP contribution in [0.3, 0.4) is 0 Å². The highest BCUT2D eigenvalue weighted by atomic mass is 32.2. The minimum atomic E-state index is -3.38. The normalized spacial score (nSPS) is 18.8. The van der Waals surface area contributed by atoms with Gasteiger partial charge >= 0.3 is 0 Å². The maximum absolute atomic E-state index is 12.1. The molecule has 0 aliphatic carbocycles. The van der Waals surface area contributed by atoms with E-state index in [1.807, 2.05) is 19.2 Å². The van der Waals surface area contributed by atoms with Crippen LogP contribution in [0.2, 0.25) is 0 Å². The van der Waals surface area contributed by atoms with Gasteiger partial charge < -0.3 is 10.2 Å². The van der Waals surface area contributed by atoms with Crippen LogP contribution in [0.5, 0.6) is 0 Å². The van der Waals surface area contributed by atoms with E-state index in [4.69, 9.17) is 0 Å². The number of hydrogen-bond acceptors (Lipinski definition) is 3. The Balaban J connectivity index is 1.93. The fourth-order valence-electron chi connectivity index (χ4n) is 3.39. The molecule has 0 aromatic heterocycles. The van der Waals surface area contributed by atoms with Crippen molar-refractivity contribution < 1.29 is 8.42 Å². The third-order valence-corrected chi connectivity index (χ3v) is 6.58. The molecule has 0 bridgehead atoms. The van der Waals surface area contributed by atoms with Crippen LogP contribution in [-0.2, 0) is 16.6 Å². The van der Waals surface area contributed by atoms with E-state index in [-0.39, 0.29) is 0 Å². The SMILES string of the molecule is CN=C(NCc1ccc(S(=O)(=O)N(C)C)cc1)N1CCC(CC(C)C)C1. The van der Waals surface area contributed by atoms with Gasteiger partial charge in [-0.2, -0.15) is 0 Å². The minimum absolute atomic E-state index is 0.312. The lowest BCUT2D eigenvalue weighted by Crippen LogP contribution is -2.39. The van der Waals surface area contributed by atoms with Gasteiger partial charge in [-0.15, -0.1) is 0 Å². The van der Waals surface area contributed by atoms with Gasteiger partial charge in [0.15, 0.2) is 5.96 Å². The van der Waals surface area contributed by atoms with Crippen molar-refractivity contribution in [3.05, 3.63) is 29.8 Å². The highest BCUT2D eigenvalue weighted by Crippen LogP contribution is 2.23. The highest BCUT2D eigenvalue weighted by Gasteiger charge is 2.25. The second-order valence-corrected chi connectivity index (χ2v) is 9.71. The van der Waals surface area contributed by atoms with Crippen LogP contribution >= 0.6 is 0 Å². The molecule has 1 atom stereocenters. The Kier molecular flexibility index (Phi) is 7.06. The molecule has 1 aromatic carbocycles. The first-order valence-electron chi connectivity index (χ1n) is 9.21. The van der Waals surface area contributed by atoms with Gasteiger partial charge in [-0.05, 0) is 42.4 Å². The summed E-state index contributed by atoms with van der Waals surface area (Å²) in [5, 5.41) is 3.40. The number of hydrogen-bond donors (Lipinski definition) is 1. The second kappa shape index (κ2) is 8.86. The van der Waals surface area contributed by atoms with E-state index in [0.717, 1.165) is 36.4 Å². The molecule has 1 fully saturated rings. The Morgan fingerprint density at radius 3 is 2.50 bits per heavy atom. The molecule has 1 unspecified atom stereocenters. The first-order chi connectivity index (χ1) is 12.2. The van der Waals surface area contributed by atoms with Gasteiger partial charge in [-0.3, -0.25) is 4.99 Å². The third-order valence-electron chi connectivity index (χ3n) is 4.75. The fraction of sp³-hybridized carbons (Fsp3) is 0.632. The molecule has 0 saturated carbocycles. The summed E-state index contributed by atoms with van der Waals surface area (Å²) in [4.78, 5) is 7.04. The van der Waals surface area contributed by atoms with Crippen LogP contribution < -0.4 is 5.32 Å². The average Bonchev–Trinajstić information content (AvgIpc) is 3.03. The van der Waals surface area contributed by atoms with Crippen LogP contribution in [-0.4, -0.2) is 57.8 Å². The molecule has 7 heteroatoms. The Bertz CT molecular complexity index is 712. The minimum Gasteiger partial charge on any atom is -0.352 e. The van der Waals surface area contributed by atoms with Crippen molar-refractivity contribution in [1.82, 2.24) is 14.5 Å². The van der Waals surface area contributed by atoms with Crippen LogP contribution in [0.25, 0.3) is 0 Å². The number of sulfonamides is 1. The number of benzene rings is 1. The first kappa shape index (κ1) is 20.7. The summed E-state index contributed by atoms with van der Waals surface area (Å²) in [6.45, 7) is 7.26. The number of aliphatic imine (C=N–C) groups is 1. The molecule has 1 aliphatic heterocycles. The molecule has 0 amide bonds. The zero-order valence-electron chi connectivity index (χ0n) is 16.6. The molecule has 1 N–H and O–H groups in total. The standard InChI is InChI=1S/C19H32N4O2S/c1-15(2)12-17-10-11-23(14-17)19(20-3)21-13-16-6-8-18(9-7-16)26(24,25)22(4)5/h6-9,15,17H,10-14H2,1-5H3,(H,20,21). The van der Waals surface area contributed by atoms with Gasteiger partial charge in [0.2, 0.25) is 10.0 Å². The number of nitrogens with one attached hydrogen (secondary N) is 1. The van der Waals surface area contributed by atoms with Crippen molar-refractivity contribution in [2.75, 3.05) is 34.2 Å². The summed E-state index contributed by atoms with van der Waals surface area (Å²) >= 11 is 0. The topological polar surface area (TPSA) is 65.0 Å². The summed E-state index contributed by atoms with van der Waals surface area (Å²) in [7, 11) is 1.51. The summed E-state index contributed by atoms with van der Waals surface area (Å²) in [5.41, 5.74) is 1.03. The number of rotatable bonds is 6. The van der Waals surface area contributed by atoms with Gasteiger partial charge in [0.1, 0.15) is 0 Å². The average molecular weight is 381 g/mol. The van der Waals surface area contributed by atoms with Gasteiger partial charge in [-0.1, -0.05) is 26.0 Å². The smallest absolute Gasteiger partial charge is 0.242 e. The molecule has 1 heterocycles. The van der Waals surface area contributed by atoms with Crippen molar-refractivity contribution in [3.63, 3.8) is 0 Å². The lowest BCUT2D eigenvalue weighted by molar-refractivity contribution is 0.403. The van der Waals surface area contributed by atoms with Crippen LogP contribution in [0.1, 0.15) is 32.3 Å². The molecule has 1 aliphatic rings. The molecular weight excluding hydrogens is 348 g/mol. The molecule has 146 valence electrons. The monoisotopic (exact) mass is 380 g/mol. The van der Waals surface area contributed by atoms with Gasteiger partial charge in [0.25, 0.3) is 0 Å². The highest BCUT2D eigenvalue weighted by molar-refractivity contribution is 7.89. The van der Waals surface area contributed by atoms with E-state index in [2.05, 4.69) is 29.1 Å². The van der Waals surface area contributed by atoms with Gasteiger partial charge in [-0.25, -0.2) is 12.7 Å². The first-order valence-corrected chi connectivity index (χ1v) is 10.6. The van der Waals surface area contributed by atoms with Crippen molar-refractivity contribution in [1.29, 1.82) is 0 Å². The number of guanidine groups is 1. The Morgan fingerprint density at radius 2 is 1.96 bits per heavy atom. The molecule has 0 radical (unpaired) electrons. The van der Waals surface area contributed by atoms with E-state index in [1.165, 1.54) is 31.2 Å². The van der Waals surface area contributed by atoms with Crippen molar-refractivity contribution in [2.24, 2.45) is 16.8 Å². The number of nitrogens with zero attached hydrogens (tertiary/aromatic N) is 3. The lowest BCUT2D eigenvalue weighted by Gasteiger charge is -2.22. The predicted molar refractivity (Wildman–Crippen MR) is 107 cm³/mol. The quantitative estimate of drug-likeness (QED) is 0.608. The van der Waals surface area contributed by atoms with E-state index in [0.29, 0.717) is 11.4 Å². The van der Waals surface area contributed by atoms with E-state index in [9.17, 15) is 8.42 Å². The molecule has 1 aromatic rings. The van der Waals surface area contributed by atoms with Crippen molar-refractivity contribution >= 4 is 16.0 Å². The lowest BCUT2D eigenvalue weighted by atomic mass is 9.97. The van der Waals surface area contributed by atoms with E-state index < -0.39 is 10.0 Å². The molecule has 26 heavy (non-hydrogen) atoms. The van der Waals surface area contributed by atoms with E-state index >= 15 is 0 Å². The molecule has 0 spiro atoms. The fourth-order valence-corrected chi connectivity index (χ4v) is 4.29. The zero-order chi connectivity index (χ0) is 19.3. The summed E-state index contributed by atoms with van der Waals surface area (Å²) in [5.74, 6) is 2.39. The second-order valence-electron chi connectivity index (χ2n) is 7.56. The molecule has 2 rings (SSSR count). The van der Waals surface area contributed by atoms with Crippen LogP contribution in [0.4, 0.5) is 0 Å². The summed E-state index contributed by atoms with van der Waals surface area (Å²) in [6, 6.07) is 7.01. The predicted octanol–water partition coefficient (Wildman–Crippen LogP) is 2.38. The maximum atomic E-state index is 12.1. The Morgan fingerprint density at radius 1 is 1.31 bits per heavy atom. The summed E-state index contributed by atoms with van der Waals surface area (Å²) in [6.07, 6.45) is 2.48. The third kappa shape index (κ3) is 5.20. The van der Waals surface area contributed by atoms with E-state index in [1.54, 1.807) is 12.1 Å². The van der Waals surface area contributed by atoms with Crippen molar-refractivity contribution in [3.8, 4) is 0 Å².